The van der Waals surface area contributed by atoms with Crippen LogP contribution in [0.4, 0.5) is 0 Å². The fraction of sp³-hybridized carbons (Fsp3) is 0.667. The van der Waals surface area contributed by atoms with Gasteiger partial charge in [0, 0.05) is 13.2 Å². The molecular weight excluding hydrogens is 168 g/mol. The molecule has 1 unspecified atom stereocenters. The van der Waals surface area contributed by atoms with Gasteiger partial charge in [-0.2, -0.15) is 0 Å². The summed E-state index contributed by atoms with van der Waals surface area (Å²) in [7, 11) is 0. The SMILES string of the molecule is C=CCCNC(=O)C1(N)CCOC1. The second-order valence-corrected chi connectivity index (χ2v) is 3.29. The topological polar surface area (TPSA) is 64.4 Å². The van der Waals surface area contributed by atoms with Crippen LogP contribution in [-0.4, -0.2) is 31.2 Å². The Kier molecular flexibility index (Phi) is 3.45. The number of nitrogens with one attached hydrogen (secondary N) is 1. The Morgan fingerprint density at radius 3 is 3.08 bits per heavy atom. The summed E-state index contributed by atoms with van der Waals surface area (Å²) in [5, 5.41) is 2.75. The standard InChI is InChI=1S/C9H16N2O2/c1-2-3-5-11-8(12)9(10)4-6-13-7-9/h2H,1,3-7,10H2,(H,11,12). The van der Waals surface area contributed by atoms with Gasteiger partial charge in [-0.3, -0.25) is 4.79 Å². The molecule has 1 atom stereocenters. The summed E-state index contributed by atoms with van der Waals surface area (Å²) in [6.07, 6.45) is 3.13. The average Bonchev–Trinajstić information content (AvgIpc) is 2.54. The smallest absolute Gasteiger partial charge is 0.242 e. The Hall–Kier alpha value is -0.870. The van der Waals surface area contributed by atoms with Crippen molar-refractivity contribution in [2.24, 2.45) is 5.73 Å². The molecule has 13 heavy (non-hydrogen) atoms. The fourth-order valence-electron chi connectivity index (χ4n) is 1.22. The molecule has 1 amide bonds. The van der Waals surface area contributed by atoms with Crippen LogP contribution in [0.1, 0.15) is 12.8 Å². The zero-order valence-corrected chi connectivity index (χ0v) is 7.71. The molecule has 1 aliphatic rings. The highest BCUT2D eigenvalue weighted by molar-refractivity contribution is 5.86. The summed E-state index contributed by atoms with van der Waals surface area (Å²) < 4.78 is 5.08. The van der Waals surface area contributed by atoms with Crippen molar-refractivity contribution in [2.45, 2.75) is 18.4 Å². The number of carbonyl (C=O) groups is 1. The number of hydrogen-bond donors (Lipinski definition) is 2. The van der Waals surface area contributed by atoms with E-state index in [1.165, 1.54) is 0 Å². The first-order valence-corrected chi connectivity index (χ1v) is 4.45. The first-order valence-electron chi connectivity index (χ1n) is 4.45. The van der Waals surface area contributed by atoms with Gasteiger partial charge in [-0.05, 0) is 12.8 Å². The van der Waals surface area contributed by atoms with E-state index in [9.17, 15) is 4.79 Å². The van der Waals surface area contributed by atoms with Gasteiger partial charge < -0.3 is 15.8 Å². The molecule has 1 fully saturated rings. The van der Waals surface area contributed by atoms with E-state index in [2.05, 4.69) is 11.9 Å². The number of amides is 1. The normalized spacial score (nSPS) is 27.2. The predicted molar refractivity (Wildman–Crippen MR) is 50.2 cm³/mol. The second kappa shape index (κ2) is 4.39. The third-order valence-corrected chi connectivity index (χ3v) is 2.14. The molecule has 0 saturated carbocycles. The zero-order chi connectivity index (χ0) is 9.73. The van der Waals surface area contributed by atoms with Crippen molar-refractivity contribution in [2.75, 3.05) is 19.8 Å². The monoisotopic (exact) mass is 184 g/mol. The van der Waals surface area contributed by atoms with Gasteiger partial charge in [0.1, 0.15) is 5.54 Å². The van der Waals surface area contributed by atoms with Crippen molar-refractivity contribution in [1.82, 2.24) is 5.32 Å². The zero-order valence-electron chi connectivity index (χ0n) is 7.71. The second-order valence-electron chi connectivity index (χ2n) is 3.29. The summed E-state index contributed by atoms with van der Waals surface area (Å²) in [6.45, 7) is 5.06. The van der Waals surface area contributed by atoms with Crippen LogP contribution in [0, 0.1) is 0 Å². The van der Waals surface area contributed by atoms with Crippen LogP contribution in [-0.2, 0) is 9.53 Å². The minimum absolute atomic E-state index is 0.119. The predicted octanol–water partition coefficient (Wildman–Crippen LogP) is -0.203. The van der Waals surface area contributed by atoms with Gasteiger partial charge in [-0.1, -0.05) is 6.08 Å². The van der Waals surface area contributed by atoms with Crippen LogP contribution < -0.4 is 11.1 Å². The molecule has 0 aromatic carbocycles. The molecule has 0 aromatic rings. The first-order chi connectivity index (χ1) is 6.19. The van der Waals surface area contributed by atoms with Gasteiger partial charge in [0.15, 0.2) is 0 Å². The minimum Gasteiger partial charge on any atom is -0.379 e. The molecule has 0 bridgehead atoms. The maximum absolute atomic E-state index is 11.5. The largest absolute Gasteiger partial charge is 0.379 e. The molecule has 74 valence electrons. The van der Waals surface area contributed by atoms with E-state index in [0.29, 0.717) is 26.2 Å². The fourth-order valence-corrected chi connectivity index (χ4v) is 1.22. The van der Waals surface area contributed by atoms with Crippen LogP contribution in [0.25, 0.3) is 0 Å². The number of ether oxygens (including phenoxy) is 1. The molecule has 0 radical (unpaired) electrons. The summed E-state index contributed by atoms with van der Waals surface area (Å²) in [6, 6.07) is 0. The van der Waals surface area contributed by atoms with Gasteiger partial charge in [0.05, 0.1) is 6.61 Å². The lowest BCUT2D eigenvalue weighted by molar-refractivity contribution is -0.126. The number of hydrogen-bond acceptors (Lipinski definition) is 3. The van der Waals surface area contributed by atoms with Crippen LogP contribution in [0.3, 0.4) is 0 Å². The van der Waals surface area contributed by atoms with Crippen molar-refractivity contribution in [3.8, 4) is 0 Å². The summed E-state index contributed by atoms with van der Waals surface area (Å²) in [4.78, 5) is 11.5. The molecule has 1 aliphatic heterocycles. The average molecular weight is 184 g/mol. The number of nitrogens with two attached hydrogens (primary N) is 1. The molecule has 0 spiro atoms. The molecule has 1 rings (SSSR count). The molecule has 4 nitrogen and oxygen atoms in total. The summed E-state index contributed by atoms with van der Waals surface area (Å²) >= 11 is 0. The lowest BCUT2D eigenvalue weighted by atomic mass is 9.99. The highest BCUT2D eigenvalue weighted by atomic mass is 16.5. The van der Waals surface area contributed by atoms with Crippen molar-refractivity contribution in [1.29, 1.82) is 0 Å². The number of rotatable bonds is 4. The molecule has 0 aromatic heterocycles. The molecule has 4 heteroatoms. The Morgan fingerprint density at radius 2 is 2.54 bits per heavy atom. The van der Waals surface area contributed by atoms with Crippen molar-refractivity contribution in [3.05, 3.63) is 12.7 Å². The highest BCUT2D eigenvalue weighted by Gasteiger charge is 2.37. The van der Waals surface area contributed by atoms with E-state index < -0.39 is 5.54 Å². The van der Waals surface area contributed by atoms with Crippen LogP contribution in [0.5, 0.6) is 0 Å². The Morgan fingerprint density at radius 1 is 1.77 bits per heavy atom. The molecule has 1 saturated heterocycles. The Bertz CT molecular complexity index is 198. The van der Waals surface area contributed by atoms with E-state index >= 15 is 0 Å². The quantitative estimate of drug-likeness (QED) is 0.469. The van der Waals surface area contributed by atoms with Gasteiger partial charge in [-0.25, -0.2) is 0 Å². The number of carbonyl (C=O) groups excluding carboxylic acids is 1. The van der Waals surface area contributed by atoms with E-state index in [-0.39, 0.29) is 5.91 Å². The molecule has 0 aliphatic carbocycles. The summed E-state index contributed by atoms with van der Waals surface area (Å²) in [5.41, 5.74) is 5.02. The van der Waals surface area contributed by atoms with Crippen LogP contribution in [0.15, 0.2) is 12.7 Å². The Labute approximate surface area is 78.1 Å². The van der Waals surface area contributed by atoms with E-state index in [0.717, 1.165) is 6.42 Å². The van der Waals surface area contributed by atoms with Gasteiger partial charge >= 0.3 is 0 Å². The van der Waals surface area contributed by atoms with Gasteiger partial charge in [0.25, 0.3) is 0 Å². The maximum Gasteiger partial charge on any atom is 0.242 e. The van der Waals surface area contributed by atoms with E-state index in [1.807, 2.05) is 0 Å². The van der Waals surface area contributed by atoms with Crippen molar-refractivity contribution in [3.63, 3.8) is 0 Å². The van der Waals surface area contributed by atoms with Crippen LogP contribution in [0.2, 0.25) is 0 Å². The minimum atomic E-state index is -0.804. The lowest BCUT2D eigenvalue weighted by Gasteiger charge is -2.20. The van der Waals surface area contributed by atoms with Crippen molar-refractivity contribution >= 4 is 5.91 Å². The molecule has 3 N–H and O–H groups in total. The summed E-state index contributed by atoms with van der Waals surface area (Å²) in [5.74, 6) is -0.119. The third kappa shape index (κ3) is 2.54. The van der Waals surface area contributed by atoms with Crippen molar-refractivity contribution < 1.29 is 9.53 Å². The maximum atomic E-state index is 11.5. The highest BCUT2D eigenvalue weighted by Crippen LogP contribution is 2.15. The van der Waals surface area contributed by atoms with Gasteiger partial charge in [-0.15, -0.1) is 6.58 Å². The lowest BCUT2D eigenvalue weighted by Crippen LogP contribution is -2.54. The van der Waals surface area contributed by atoms with Crippen LogP contribution >= 0.6 is 0 Å². The molecule has 1 heterocycles. The Balaban J connectivity index is 2.33. The van der Waals surface area contributed by atoms with E-state index in [1.54, 1.807) is 6.08 Å². The van der Waals surface area contributed by atoms with Gasteiger partial charge in [0.2, 0.25) is 5.91 Å². The first kappa shape index (κ1) is 10.2. The molecular formula is C9H16N2O2. The van der Waals surface area contributed by atoms with E-state index in [4.69, 9.17) is 10.5 Å². The third-order valence-electron chi connectivity index (χ3n) is 2.14.